The number of rotatable bonds is 7. The van der Waals surface area contributed by atoms with Crippen LogP contribution in [0.5, 0.6) is 0 Å². The van der Waals surface area contributed by atoms with Gasteiger partial charge in [-0.25, -0.2) is 0 Å². The van der Waals surface area contributed by atoms with E-state index in [1.807, 2.05) is 0 Å². The highest BCUT2D eigenvalue weighted by molar-refractivity contribution is 5.60. The molecule has 0 saturated carbocycles. The van der Waals surface area contributed by atoms with Gasteiger partial charge in [0.05, 0.1) is 0 Å². The molecule has 2 aromatic rings. The maximum Gasteiger partial charge on any atom is 0.0384 e. The van der Waals surface area contributed by atoms with Gasteiger partial charge < -0.3 is 5.32 Å². The Balaban J connectivity index is 2.09. The highest BCUT2D eigenvalue weighted by atomic mass is 14.9. The predicted molar refractivity (Wildman–Crippen MR) is 103 cm³/mol. The minimum atomic E-state index is 0.288. The number of anilines is 2. The van der Waals surface area contributed by atoms with Crippen molar-refractivity contribution in [2.45, 2.75) is 65.2 Å². The standard InChI is InChI=1S/C22H31N/c1-6-17(4)18-9-13-20(14-10-18)23-21-15-11-19(12-16-21)22(5,7-2)8-3/h9-17,23H,6-8H2,1-5H3. The summed E-state index contributed by atoms with van der Waals surface area (Å²) in [5, 5.41) is 3.50. The van der Waals surface area contributed by atoms with Gasteiger partial charge in [0.25, 0.3) is 0 Å². The molecule has 0 aromatic heterocycles. The first-order valence-electron chi connectivity index (χ1n) is 9.00. The molecule has 0 heterocycles. The number of benzene rings is 2. The second kappa shape index (κ2) is 7.68. The van der Waals surface area contributed by atoms with Crippen LogP contribution in [0.25, 0.3) is 0 Å². The van der Waals surface area contributed by atoms with Crippen molar-refractivity contribution in [3.63, 3.8) is 0 Å². The lowest BCUT2D eigenvalue weighted by atomic mass is 9.78. The summed E-state index contributed by atoms with van der Waals surface area (Å²) in [6, 6.07) is 17.7. The second-order valence-electron chi connectivity index (χ2n) is 6.90. The molecule has 0 amide bonds. The molecule has 0 aliphatic carbocycles. The summed E-state index contributed by atoms with van der Waals surface area (Å²) in [4.78, 5) is 0. The molecular weight excluding hydrogens is 278 g/mol. The Morgan fingerprint density at radius 1 is 0.826 bits per heavy atom. The molecule has 1 atom stereocenters. The van der Waals surface area contributed by atoms with Crippen molar-refractivity contribution < 1.29 is 0 Å². The lowest BCUT2D eigenvalue weighted by molar-refractivity contribution is 0.439. The second-order valence-corrected chi connectivity index (χ2v) is 6.90. The van der Waals surface area contributed by atoms with E-state index in [9.17, 15) is 0 Å². The Labute approximate surface area is 142 Å². The molecule has 1 nitrogen and oxygen atoms in total. The fourth-order valence-electron chi connectivity index (χ4n) is 2.91. The van der Waals surface area contributed by atoms with Gasteiger partial charge in [0.1, 0.15) is 0 Å². The summed E-state index contributed by atoms with van der Waals surface area (Å²) < 4.78 is 0. The van der Waals surface area contributed by atoms with Gasteiger partial charge in [-0.3, -0.25) is 0 Å². The summed E-state index contributed by atoms with van der Waals surface area (Å²) in [6.45, 7) is 11.4. The molecule has 2 rings (SSSR count). The van der Waals surface area contributed by atoms with E-state index in [4.69, 9.17) is 0 Å². The SMILES string of the molecule is CCC(C)c1ccc(Nc2ccc(C(C)(CC)CC)cc2)cc1. The van der Waals surface area contributed by atoms with Crippen molar-refractivity contribution in [1.82, 2.24) is 0 Å². The molecule has 0 saturated heterocycles. The Hall–Kier alpha value is -1.76. The van der Waals surface area contributed by atoms with Gasteiger partial charge in [-0.15, -0.1) is 0 Å². The summed E-state index contributed by atoms with van der Waals surface area (Å²) in [5.74, 6) is 0.629. The first kappa shape index (κ1) is 17.6. The first-order valence-corrected chi connectivity index (χ1v) is 9.00. The third-order valence-corrected chi connectivity index (χ3v) is 5.52. The first-order chi connectivity index (χ1) is 11.0. The van der Waals surface area contributed by atoms with E-state index < -0.39 is 0 Å². The number of hydrogen-bond acceptors (Lipinski definition) is 1. The fraction of sp³-hybridized carbons (Fsp3) is 0.455. The maximum atomic E-state index is 3.50. The molecule has 124 valence electrons. The molecule has 1 unspecified atom stereocenters. The maximum absolute atomic E-state index is 3.50. The monoisotopic (exact) mass is 309 g/mol. The van der Waals surface area contributed by atoms with E-state index in [-0.39, 0.29) is 5.41 Å². The Bertz CT molecular complexity index is 591. The van der Waals surface area contributed by atoms with E-state index in [0.717, 1.165) is 11.4 Å². The molecule has 0 aliphatic rings. The third kappa shape index (κ3) is 4.16. The molecular formula is C22H31N. The minimum absolute atomic E-state index is 0.288. The topological polar surface area (TPSA) is 12.0 Å². The largest absolute Gasteiger partial charge is 0.356 e. The molecule has 0 fully saturated rings. The highest BCUT2D eigenvalue weighted by Crippen LogP contribution is 2.32. The Kier molecular flexibility index (Phi) is 5.87. The van der Waals surface area contributed by atoms with Gasteiger partial charge >= 0.3 is 0 Å². The van der Waals surface area contributed by atoms with Crippen molar-refractivity contribution in [3.05, 3.63) is 59.7 Å². The van der Waals surface area contributed by atoms with Crippen LogP contribution in [0, 0.1) is 0 Å². The van der Waals surface area contributed by atoms with Crippen molar-refractivity contribution in [1.29, 1.82) is 0 Å². The van der Waals surface area contributed by atoms with Crippen molar-refractivity contribution in [3.8, 4) is 0 Å². The molecule has 1 N–H and O–H groups in total. The molecule has 0 radical (unpaired) electrons. The Morgan fingerprint density at radius 2 is 1.30 bits per heavy atom. The summed E-state index contributed by atoms with van der Waals surface area (Å²) in [7, 11) is 0. The molecule has 1 heteroatoms. The van der Waals surface area contributed by atoms with Gasteiger partial charge in [0.2, 0.25) is 0 Å². The molecule has 23 heavy (non-hydrogen) atoms. The lowest BCUT2D eigenvalue weighted by Gasteiger charge is -2.27. The average Bonchev–Trinajstić information content (AvgIpc) is 2.61. The lowest BCUT2D eigenvalue weighted by Crippen LogP contribution is -2.19. The van der Waals surface area contributed by atoms with Crippen LogP contribution in [0.15, 0.2) is 48.5 Å². The van der Waals surface area contributed by atoms with Crippen LogP contribution in [0.3, 0.4) is 0 Å². The highest BCUT2D eigenvalue weighted by Gasteiger charge is 2.21. The minimum Gasteiger partial charge on any atom is -0.356 e. The summed E-state index contributed by atoms with van der Waals surface area (Å²) in [5.41, 5.74) is 5.43. The predicted octanol–water partition coefficient (Wildman–Crippen LogP) is 7.02. The number of nitrogens with one attached hydrogen (secondary N) is 1. The van der Waals surface area contributed by atoms with Gasteiger partial charge in [-0.1, -0.05) is 58.9 Å². The zero-order chi connectivity index (χ0) is 16.9. The normalized spacial score (nSPS) is 12.9. The van der Waals surface area contributed by atoms with Gasteiger partial charge in [-0.05, 0) is 66.0 Å². The van der Waals surface area contributed by atoms with Crippen LogP contribution in [0.4, 0.5) is 11.4 Å². The van der Waals surface area contributed by atoms with E-state index in [1.54, 1.807) is 0 Å². The van der Waals surface area contributed by atoms with E-state index >= 15 is 0 Å². The third-order valence-electron chi connectivity index (χ3n) is 5.52. The van der Waals surface area contributed by atoms with Crippen molar-refractivity contribution in [2.24, 2.45) is 0 Å². The quantitative estimate of drug-likeness (QED) is 0.579. The smallest absolute Gasteiger partial charge is 0.0384 e. The van der Waals surface area contributed by atoms with E-state index in [0.29, 0.717) is 5.92 Å². The van der Waals surface area contributed by atoms with Crippen molar-refractivity contribution >= 4 is 11.4 Å². The molecule has 0 aliphatic heterocycles. The van der Waals surface area contributed by atoms with Crippen LogP contribution in [-0.2, 0) is 5.41 Å². The van der Waals surface area contributed by atoms with Crippen LogP contribution < -0.4 is 5.32 Å². The molecule has 0 bridgehead atoms. The van der Waals surface area contributed by atoms with Gasteiger partial charge in [0.15, 0.2) is 0 Å². The van der Waals surface area contributed by atoms with Crippen LogP contribution in [0.2, 0.25) is 0 Å². The Morgan fingerprint density at radius 3 is 1.74 bits per heavy atom. The van der Waals surface area contributed by atoms with Gasteiger partial charge in [-0.2, -0.15) is 0 Å². The average molecular weight is 309 g/mol. The van der Waals surface area contributed by atoms with E-state index in [1.165, 1.54) is 30.4 Å². The van der Waals surface area contributed by atoms with E-state index in [2.05, 4.69) is 88.5 Å². The molecule has 2 aromatic carbocycles. The van der Waals surface area contributed by atoms with Crippen molar-refractivity contribution in [2.75, 3.05) is 5.32 Å². The molecule has 0 spiro atoms. The fourth-order valence-corrected chi connectivity index (χ4v) is 2.91. The van der Waals surface area contributed by atoms with Gasteiger partial charge in [0, 0.05) is 11.4 Å². The number of hydrogen-bond donors (Lipinski definition) is 1. The summed E-state index contributed by atoms with van der Waals surface area (Å²) >= 11 is 0. The zero-order valence-corrected chi connectivity index (χ0v) is 15.3. The summed E-state index contributed by atoms with van der Waals surface area (Å²) in [6.07, 6.45) is 3.53. The van der Waals surface area contributed by atoms with Crippen LogP contribution in [0.1, 0.15) is 70.9 Å². The van der Waals surface area contributed by atoms with Crippen LogP contribution in [-0.4, -0.2) is 0 Å². The van der Waals surface area contributed by atoms with Crippen LogP contribution >= 0.6 is 0 Å². The zero-order valence-electron chi connectivity index (χ0n) is 15.3.